The van der Waals surface area contributed by atoms with Crippen LogP contribution < -0.4 is 9.61 Å². The average molecular weight is 473 g/mol. The predicted octanol–water partition coefficient (Wildman–Crippen LogP) is 4.18. The Bertz CT molecular complexity index is 764. The van der Waals surface area contributed by atoms with Crippen molar-refractivity contribution < 1.29 is 18.6 Å². The molecule has 2 atom stereocenters. The second-order valence-corrected chi connectivity index (χ2v) is 9.61. The van der Waals surface area contributed by atoms with Crippen LogP contribution in [0.5, 0.6) is 5.75 Å². The largest absolute Gasteiger partial charge is 0.460 e. The van der Waals surface area contributed by atoms with Gasteiger partial charge in [-0.25, -0.2) is 5.09 Å². The number of ether oxygens (including phenoxy) is 1. The molecule has 0 saturated heterocycles. The molecule has 0 heterocycles. The SMILES string of the molecule is C=Ic1ccc(OP(C)(=O)NC(C)C(=O)OCc2ccccc2)cc1. The maximum Gasteiger partial charge on any atom is 0.323 e. The zero-order chi connectivity index (χ0) is 18.3. The normalized spacial score (nSPS) is 14.3. The fourth-order valence-electron chi connectivity index (χ4n) is 2.07. The number of hydrogen-bond acceptors (Lipinski definition) is 4. The van der Waals surface area contributed by atoms with Crippen molar-refractivity contribution in [3.63, 3.8) is 0 Å². The van der Waals surface area contributed by atoms with Crippen LogP contribution in [0.25, 0.3) is 0 Å². The molecule has 2 unspecified atom stereocenters. The smallest absolute Gasteiger partial charge is 0.323 e. The van der Waals surface area contributed by atoms with Crippen LogP contribution in [-0.4, -0.2) is 23.2 Å². The van der Waals surface area contributed by atoms with Crippen LogP contribution in [0.2, 0.25) is 0 Å². The van der Waals surface area contributed by atoms with Crippen LogP contribution in [-0.2, 0) is 20.7 Å². The maximum absolute atomic E-state index is 12.6. The summed E-state index contributed by atoms with van der Waals surface area (Å²) in [6, 6.07) is 16.0. The van der Waals surface area contributed by atoms with Gasteiger partial charge in [0.1, 0.15) is 18.4 Å². The monoisotopic (exact) mass is 473 g/mol. The van der Waals surface area contributed by atoms with Gasteiger partial charge in [-0.3, -0.25) is 9.36 Å². The predicted molar refractivity (Wildman–Crippen MR) is 109 cm³/mol. The van der Waals surface area contributed by atoms with Crippen molar-refractivity contribution in [3.8, 4) is 5.75 Å². The first kappa shape index (κ1) is 19.8. The van der Waals surface area contributed by atoms with Crippen molar-refractivity contribution >= 4 is 38.7 Å². The molecule has 0 spiro atoms. The lowest BCUT2D eigenvalue weighted by Crippen LogP contribution is -2.34. The van der Waals surface area contributed by atoms with E-state index in [1.807, 2.05) is 42.5 Å². The molecule has 0 radical (unpaired) electrons. The molecule has 0 aromatic heterocycles. The molecule has 0 amide bonds. The van der Waals surface area contributed by atoms with E-state index in [0.29, 0.717) is 5.75 Å². The fourth-order valence-corrected chi connectivity index (χ4v) is 4.32. The number of nitrogens with one attached hydrogen (secondary N) is 1. The van der Waals surface area contributed by atoms with E-state index in [4.69, 9.17) is 9.26 Å². The van der Waals surface area contributed by atoms with E-state index in [1.54, 1.807) is 19.1 Å². The third kappa shape index (κ3) is 6.72. The van der Waals surface area contributed by atoms with Gasteiger partial charge in [-0.2, -0.15) is 0 Å². The Morgan fingerprint density at radius 3 is 2.44 bits per heavy atom. The number of carbonyl (C=O) groups excluding carboxylic acids is 1. The lowest BCUT2D eigenvalue weighted by Gasteiger charge is -2.20. The second kappa shape index (κ2) is 9.27. The van der Waals surface area contributed by atoms with Crippen molar-refractivity contribution in [1.82, 2.24) is 5.09 Å². The summed E-state index contributed by atoms with van der Waals surface area (Å²) in [5.41, 5.74) is 0.896. The lowest BCUT2D eigenvalue weighted by molar-refractivity contribution is -0.146. The highest BCUT2D eigenvalue weighted by Gasteiger charge is 2.25. The Kier molecular flexibility index (Phi) is 7.35. The summed E-state index contributed by atoms with van der Waals surface area (Å²) in [7, 11) is -3.20. The number of halogens is 1. The standard InChI is InChI=1S/C18H21INO4P/c1-14(18(21)23-13-15-7-5-4-6-8-15)20-25(3,22)24-17-11-9-16(19-2)10-12-17/h4-12,14H,2,13H2,1,3H3,(H,20,22). The molecule has 134 valence electrons. The van der Waals surface area contributed by atoms with Crippen LogP contribution >= 0.6 is 28.3 Å². The van der Waals surface area contributed by atoms with E-state index < -0.39 is 19.5 Å². The van der Waals surface area contributed by atoms with E-state index in [9.17, 15) is 9.36 Å². The van der Waals surface area contributed by atoms with Gasteiger partial charge >= 0.3 is 13.5 Å². The van der Waals surface area contributed by atoms with Gasteiger partial charge < -0.3 is 9.26 Å². The summed E-state index contributed by atoms with van der Waals surface area (Å²) in [5.74, 6) is 0.0103. The van der Waals surface area contributed by atoms with Crippen LogP contribution in [0.4, 0.5) is 0 Å². The van der Waals surface area contributed by atoms with Gasteiger partial charge in [0.2, 0.25) is 0 Å². The Balaban J connectivity index is 1.88. The summed E-state index contributed by atoms with van der Waals surface area (Å²) in [6.07, 6.45) is 0. The quantitative estimate of drug-likeness (QED) is 0.354. The highest BCUT2D eigenvalue weighted by Crippen LogP contribution is 2.39. The maximum atomic E-state index is 12.6. The zero-order valence-corrected chi connectivity index (χ0v) is 17.2. The molecule has 1 N–H and O–H groups in total. The summed E-state index contributed by atoms with van der Waals surface area (Å²) in [6.45, 7) is 3.22. The molecule has 0 fully saturated rings. The van der Waals surface area contributed by atoms with Gasteiger partial charge in [-0.15, -0.1) is 0 Å². The lowest BCUT2D eigenvalue weighted by atomic mass is 10.2. The molecule has 0 aliphatic rings. The topological polar surface area (TPSA) is 64.6 Å². The summed E-state index contributed by atoms with van der Waals surface area (Å²) in [5, 5.41) is 2.72. The summed E-state index contributed by atoms with van der Waals surface area (Å²) >= 11 is -0.236. The Morgan fingerprint density at radius 2 is 1.84 bits per heavy atom. The molecule has 2 aromatic rings. The van der Waals surface area contributed by atoms with Crippen molar-refractivity contribution in [3.05, 3.63) is 63.7 Å². The van der Waals surface area contributed by atoms with E-state index in [-0.39, 0.29) is 27.3 Å². The molecule has 2 aromatic carbocycles. The molecule has 5 nitrogen and oxygen atoms in total. The molecule has 2 rings (SSSR count). The molecule has 25 heavy (non-hydrogen) atoms. The number of carbonyl (C=O) groups is 1. The first-order chi connectivity index (χ1) is 11.9. The van der Waals surface area contributed by atoms with E-state index >= 15 is 0 Å². The molecular formula is C18H21INO4P. The minimum Gasteiger partial charge on any atom is -0.460 e. The molecular weight excluding hydrogens is 452 g/mol. The highest BCUT2D eigenvalue weighted by atomic mass is 127. The van der Waals surface area contributed by atoms with E-state index in [2.05, 4.69) is 9.60 Å². The Hall–Kier alpha value is -1.50. The second-order valence-electron chi connectivity index (χ2n) is 5.47. The first-order valence-electron chi connectivity index (χ1n) is 7.63. The van der Waals surface area contributed by atoms with Gasteiger partial charge in [-0.05, 0) is 36.8 Å². The first-order valence-corrected chi connectivity index (χ1v) is 12.3. The summed E-state index contributed by atoms with van der Waals surface area (Å²) in [4.78, 5) is 12.1. The van der Waals surface area contributed by atoms with E-state index in [1.165, 1.54) is 10.2 Å². The number of benzene rings is 2. The minimum absolute atomic E-state index is 0.177. The fraction of sp³-hybridized carbons (Fsp3) is 0.222. The van der Waals surface area contributed by atoms with Gasteiger partial charge in [0.25, 0.3) is 0 Å². The Morgan fingerprint density at radius 1 is 1.20 bits per heavy atom. The van der Waals surface area contributed by atoms with E-state index in [0.717, 1.165) is 5.56 Å². The van der Waals surface area contributed by atoms with Gasteiger partial charge in [-0.1, -0.05) is 55.6 Å². The van der Waals surface area contributed by atoms with Crippen LogP contribution in [0.15, 0.2) is 54.6 Å². The summed E-state index contributed by atoms with van der Waals surface area (Å²) < 4.78 is 28.4. The van der Waals surface area contributed by atoms with Gasteiger partial charge in [0.15, 0.2) is 0 Å². The highest BCUT2D eigenvalue weighted by molar-refractivity contribution is 14.2. The van der Waals surface area contributed by atoms with Crippen LogP contribution in [0, 0.1) is 3.57 Å². The van der Waals surface area contributed by atoms with Crippen molar-refractivity contribution in [2.24, 2.45) is 0 Å². The number of esters is 1. The van der Waals surface area contributed by atoms with Crippen LogP contribution in [0.1, 0.15) is 12.5 Å². The number of hydrogen-bond donors (Lipinski definition) is 1. The number of rotatable bonds is 8. The zero-order valence-electron chi connectivity index (χ0n) is 14.1. The molecule has 0 aliphatic heterocycles. The molecule has 7 heteroatoms. The molecule has 0 bridgehead atoms. The van der Waals surface area contributed by atoms with Gasteiger partial charge in [0, 0.05) is 10.2 Å². The van der Waals surface area contributed by atoms with Gasteiger partial charge in [0.05, 0.1) is 0 Å². The molecule has 0 aliphatic carbocycles. The van der Waals surface area contributed by atoms with Crippen LogP contribution in [0.3, 0.4) is 0 Å². The van der Waals surface area contributed by atoms with Crippen molar-refractivity contribution in [2.45, 2.75) is 19.6 Å². The third-order valence-electron chi connectivity index (χ3n) is 3.25. The minimum atomic E-state index is -3.20. The average Bonchev–Trinajstić information content (AvgIpc) is 2.60. The molecule has 0 saturated carbocycles. The third-order valence-corrected chi connectivity index (χ3v) is 6.27. The Labute approximate surface area is 158 Å². The van der Waals surface area contributed by atoms with Crippen molar-refractivity contribution in [1.29, 1.82) is 0 Å². The van der Waals surface area contributed by atoms with Crippen molar-refractivity contribution in [2.75, 3.05) is 6.66 Å².